The van der Waals surface area contributed by atoms with E-state index in [4.69, 9.17) is 0 Å². The molecule has 14 heavy (non-hydrogen) atoms. The van der Waals surface area contributed by atoms with Gasteiger partial charge in [0.05, 0.1) is 0 Å². The number of carbonyl (C=O) groups is 1. The van der Waals surface area contributed by atoms with Crippen LogP contribution in [0.1, 0.15) is 12.0 Å². The van der Waals surface area contributed by atoms with E-state index in [0.29, 0.717) is 6.42 Å². The van der Waals surface area contributed by atoms with Crippen molar-refractivity contribution in [3.63, 3.8) is 0 Å². The van der Waals surface area contributed by atoms with Crippen LogP contribution in [0, 0.1) is 0 Å². The molecule has 0 aromatic heterocycles. The average Bonchev–Trinajstić information content (AvgIpc) is 2.26. The van der Waals surface area contributed by atoms with Crippen molar-refractivity contribution in [2.75, 3.05) is 18.0 Å². The topological polar surface area (TPSA) is 20.3 Å². The Bertz CT molecular complexity index is 357. The summed E-state index contributed by atoms with van der Waals surface area (Å²) < 4.78 is 0. The zero-order valence-electron chi connectivity index (χ0n) is 8.02. The van der Waals surface area contributed by atoms with Gasteiger partial charge >= 0.3 is 0 Å². The second-order valence-electron chi connectivity index (χ2n) is 3.36. The van der Waals surface area contributed by atoms with E-state index >= 15 is 0 Å². The molecule has 0 fully saturated rings. The minimum atomic E-state index is 0.599. The highest BCUT2D eigenvalue weighted by Crippen LogP contribution is 2.24. The predicted octanol–water partition coefficient (Wildman–Crippen LogP) is 2.11. The molecule has 1 aromatic carbocycles. The Labute approximate surface area is 83.8 Å². The smallest absolute Gasteiger partial charge is 0.121 e. The standard InChI is InChI=1S/C12H13NO/c14-10-4-9-13-8-3-6-11-5-1-2-7-12(11)13/h1-3,5-7,10H,4,8-9H2. The van der Waals surface area contributed by atoms with Gasteiger partial charge in [0.2, 0.25) is 0 Å². The lowest BCUT2D eigenvalue weighted by Crippen LogP contribution is -2.27. The number of hydrogen-bond donors (Lipinski definition) is 0. The lowest BCUT2D eigenvalue weighted by atomic mass is 10.1. The Morgan fingerprint density at radius 3 is 3.07 bits per heavy atom. The molecule has 1 heterocycles. The Balaban J connectivity index is 2.22. The molecule has 0 aliphatic carbocycles. The maximum absolute atomic E-state index is 10.3. The van der Waals surface area contributed by atoms with Crippen molar-refractivity contribution < 1.29 is 4.79 Å². The van der Waals surface area contributed by atoms with Crippen LogP contribution in [-0.2, 0) is 4.79 Å². The second-order valence-corrected chi connectivity index (χ2v) is 3.36. The lowest BCUT2D eigenvalue weighted by molar-refractivity contribution is -0.107. The van der Waals surface area contributed by atoms with E-state index in [1.165, 1.54) is 11.3 Å². The molecule has 72 valence electrons. The fourth-order valence-electron chi connectivity index (χ4n) is 1.74. The normalized spacial score (nSPS) is 13.9. The van der Waals surface area contributed by atoms with Crippen LogP contribution in [0.15, 0.2) is 30.3 Å². The van der Waals surface area contributed by atoms with Crippen molar-refractivity contribution in [3.8, 4) is 0 Å². The third kappa shape index (κ3) is 1.69. The van der Waals surface area contributed by atoms with Crippen LogP contribution in [-0.4, -0.2) is 19.4 Å². The van der Waals surface area contributed by atoms with Crippen LogP contribution < -0.4 is 4.90 Å². The zero-order chi connectivity index (χ0) is 9.80. The summed E-state index contributed by atoms with van der Waals surface area (Å²) in [5, 5.41) is 0. The molecule has 1 aliphatic heterocycles. The Kier molecular flexibility index (Phi) is 2.63. The van der Waals surface area contributed by atoms with Gasteiger partial charge in [0.25, 0.3) is 0 Å². The zero-order valence-corrected chi connectivity index (χ0v) is 8.02. The van der Waals surface area contributed by atoms with Crippen LogP contribution in [0.2, 0.25) is 0 Å². The summed E-state index contributed by atoms with van der Waals surface area (Å²) in [4.78, 5) is 12.5. The van der Waals surface area contributed by atoms with E-state index < -0.39 is 0 Å². The lowest BCUT2D eigenvalue weighted by Gasteiger charge is -2.27. The van der Waals surface area contributed by atoms with E-state index in [9.17, 15) is 4.79 Å². The molecule has 0 radical (unpaired) electrons. The molecule has 0 amide bonds. The van der Waals surface area contributed by atoms with E-state index in [-0.39, 0.29) is 0 Å². The molecule has 0 bridgehead atoms. The summed E-state index contributed by atoms with van der Waals surface area (Å²) in [6.07, 6.45) is 5.84. The van der Waals surface area contributed by atoms with Gasteiger partial charge in [-0.05, 0) is 11.6 Å². The van der Waals surface area contributed by atoms with Gasteiger partial charge < -0.3 is 9.69 Å². The summed E-state index contributed by atoms with van der Waals surface area (Å²) in [6, 6.07) is 8.26. The largest absolute Gasteiger partial charge is 0.367 e. The van der Waals surface area contributed by atoms with E-state index in [1.54, 1.807) is 0 Å². The van der Waals surface area contributed by atoms with Crippen LogP contribution in [0.25, 0.3) is 6.08 Å². The number of hydrogen-bond acceptors (Lipinski definition) is 2. The molecular weight excluding hydrogens is 174 g/mol. The monoisotopic (exact) mass is 187 g/mol. The third-order valence-electron chi connectivity index (χ3n) is 2.42. The fraction of sp³-hybridized carbons (Fsp3) is 0.250. The van der Waals surface area contributed by atoms with Crippen molar-refractivity contribution in [2.45, 2.75) is 6.42 Å². The molecule has 2 rings (SSSR count). The number of anilines is 1. The molecule has 1 aliphatic rings. The van der Waals surface area contributed by atoms with Gasteiger partial charge in [0.1, 0.15) is 6.29 Å². The van der Waals surface area contributed by atoms with Crippen LogP contribution in [0.3, 0.4) is 0 Å². The van der Waals surface area contributed by atoms with Gasteiger partial charge in [0, 0.05) is 25.2 Å². The number of rotatable bonds is 3. The van der Waals surface area contributed by atoms with E-state index in [1.807, 2.05) is 12.1 Å². The van der Waals surface area contributed by atoms with Crippen molar-refractivity contribution in [2.24, 2.45) is 0 Å². The summed E-state index contributed by atoms with van der Waals surface area (Å²) in [6.45, 7) is 1.72. The van der Waals surface area contributed by atoms with Crippen molar-refractivity contribution in [1.82, 2.24) is 0 Å². The van der Waals surface area contributed by atoms with Crippen molar-refractivity contribution >= 4 is 18.0 Å². The van der Waals surface area contributed by atoms with E-state index in [2.05, 4.69) is 29.2 Å². The number of benzene rings is 1. The minimum Gasteiger partial charge on any atom is -0.367 e. The number of para-hydroxylation sites is 1. The number of fused-ring (bicyclic) bond motifs is 1. The molecule has 0 saturated heterocycles. The first-order valence-corrected chi connectivity index (χ1v) is 4.86. The van der Waals surface area contributed by atoms with Crippen LogP contribution in [0.5, 0.6) is 0 Å². The quantitative estimate of drug-likeness (QED) is 0.675. The molecule has 0 spiro atoms. The van der Waals surface area contributed by atoms with Gasteiger partial charge in [-0.2, -0.15) is 0 Å². The van der Waals surface area contributed by atoms with Gasteiger partial charge in [-0.15, -0.1) is 0 Å². The van der Waals surface area contributed by atoms with Crippen molar-refractivity contribution in [1.29, 1.82) is 0 Å². The number of nitrogens with zero attached hydrogens (tertiary/aromatic N) is 1. The summed E-state index contributed by atoms with van der Waals surface area (Å²) >= 11 is 0. The SMILES string of the molecule is O=CCCN1CC=Cc2ccccc21. The predicted molar refractivity (Wildman–Crippen MR) is 58.4 cm³/mol. The highest BCUT2D eigenvalue weighted by Gasteiger charge is 2.10. The second kappa shape index (κ2) is 4.09. The highest BCUT2D eigenvalue weighted by atomic mass is 16.1. The molecule has 2 heteroatoms. The van der Waals surface area contributed by atoms with Crippen LogP contribution in [0.4, 0.5) is 5.69 Å². The van der Waals surface area contributed by atoms with Crippen molar-refractivity contribution in [3.05, 3.63) is 35.9 Å². The highest BCUT2D eigenvalue weighted by molar-refractivity contribution is 5.71. The molecular formula is C12H13NO. The first-order valence-electron chi connectivity index (χ1n) is 4.86. The van der Waals surface area contributed by atoms with Gasteiger partial charge in [-0.1, -0.05) is 30.4 Å². The fourth-order valence-corrected chi connectivity index (χ4v) is 1.74. The summed E-state index contributed by atoms with van der Waals surface area (Å²) in [5.41, 5.74) is 2.47. The average molecular weight is 187 g/mol. The Morgan fingerprint density at radius 2 is 2.21 bits per heavy atom. The first kappa shape index (κ1) is 9.00. The molecule has 1 aromatic rings. The Hall–Kier alpha value is -1.57. The molecule has 0 atom stereocenters. The van der Waals surface area contributed by atoms with Gasteiger partial charge in [-0.25, -0.2) is 0 Å². The van der Waals surface area contributed by atoms with Crippen LogP contribution >= 0.6 is 0 Å². The first-order chi connectivity index (χ1) is 6.92. The number of aldehydes is 1. The summed E-state index contributed by atoms with van der Waals surface area (Å²) in [7, 11) is 0. The third-order valence-corrected chi connectivity index (χ3v) is 2.42. The minimum absolute atomic E-state index is 0.599. The Morgan fingerprint density at radius 1 is 1.36 bits per heavy atom. The van der Waals surface area contributed by atoms with Gasteiger partial charge in [0.15, 0.2) is 0 Å². The number of carbonyl (C=O) groups excluding carboxylic acids is 1. The maximum Gasteiger partial charge on any atom is 0.121 e. The molecule has 0 saturated carbocycles. The van der Waals surface area contributed by atoms with Gasteiger partial charge in [-0.3, -0.25) is 0 Å². The molecule has 0 unspecified atom stereocenters. The molecule has 2 nitrogen and oxygen atoms in total. The molecule has 0 N–H and O–H groups in total. The maximum atomic E-state index is 10.3. The summed E-state index contributed by atoms with van der Waals surface area (Å²) in [5.74, 6) is 0. The van der Waals surface area contributed by atoms with E-state index in [0.717, 1.165) is 19.4 Å².